The molecule has 0 aliphatic carbocycles. The Kier molecular flexibility index (Phi) is 4.98. The number of imidazole rings is 1. The quantitative estimate of drug-likeness (QED) is 0.639. The van der Waals surface area contributed by atoms with Crippen LogP contribution in [0.2, 0.25) is 0 Å². The van der Waals surface area contributed by atoms with E-state index in [2.05, 4.69) is 18.1 Å². The number of piperidine rings is 1. The zero-order valence-corrected chi connectivity index (χ0v) is 15.8. The zero-order valence-electron chi connectivity index (χ0n) is 15.0. The lowest BCUT2D eigenvalue weighted by molar-refractivity contribution is 0.0683. The Labute approximate surface area is 158 Å². The van der Waals surface area contributed by atoms with Crippen molar-refractivity contribution in [1.29, 1.82) is 0 Å². The van der Waals surface area contributed by atoms with E-state index in [1.54, 1.807) is 11.8 Å². The molecule has 0 radical (unpaired) electrons. The molecule has 4 rings (SSSR count). The third-order valence-electron chi connectivity index (χ3n) is 4.85. The van der Waals surface area contributed by atoms with Gasteiger partial charge < -0.3 is 9.30 Å². The number of nitrogens with zero attached hydrogens (tertiary/aromatic N) is 3. The van der Waals surface area contributed by atoms with Gasteiger partial charge in [0.1, 0.15) is 5.65 Å². The molecule has 134 valence electrons. The van der Waals surface area contributed by atoms with E-state index in [9.17, 15) is 4.79 Å². The monoisotopic (exact) mass is 365 g/mol. The Bertz CT molecular complexity index is 870. The van der Waals surface area contributed by atoms with Crippen molar-refractivity contribution in [2.75, 3.05) is 13.1 Å². The number of pyridine rings is 1. The summed E-state index contributed by atoms with van der Waals surface area (Å²) >= 11 is 1.74. The smallest absolute Gasteiger partial charge is 0.253 e. The van der Waals surface area contributed by atoms with Gasteiger partial charge in [0.25, 0.3) is 5.91 Å². The molecule has 1 atom stereocenters. The van der Waals surface area contributed by atoms with Crippen molar-refractivity contribution < 1.29 is 4.79 Å². The molecule has 0 saturated carbocycles. The number of fused-ring (bicyclic) bond motifs is 1. The van der Waals surface area contributed by atoms with Gasteiger partial charge in [0.2, 0.25) is 0 Å². The van der Waals surface area contributed by atoms with Gasteiger partial charge in [-0.2, -0.15) is 0 Å². The molecule has 0 bridgehead atoms. The van der Waals surface area contributed by atoms with Gasteiger partial charge in [-0.15, -0.1) is 11.8 Å². The van der Waals surface area contributed by atoms with E-state index in [1.165, 1.54) is 6.42 Å². The fourth-order valence-electron chi connectivity index (χ4n) is 3.46. The fraction of sp³-hybridized carbons (Fsp3) is 0.333. The second-order valence-corrected chi connectivity index (χ2v) is 8.06. The van der Waals surface area contributed by atoms with E-state index in [1.807, 2.05) is 58.0 Å². The summed E-state index contributed by atoms with van der Waals surface area (Å²) in [6.07, 6.45) is 6.42. The lowest BCUT2D eigenvalue weighted by Crippen LogP contribution is -2.39. The summed E-state index contributed by atoms with van der Waals surface area (Å²) in [5, 5.41) is 0. The van der Waals surface area contributed by atoms with E-state index < -0.39 is 0 Å². The van der Waals surface area contributed by atoms with Crippen LogP contribution in [0.4, 0.5) is 0 Å². The molecule has 1 saturated heterocycles. The zero-order chi connectivity index (χ0) is 17.9. The Morgan fingerprint density at radius 2 is 2.08 bits per heavy atom. The number of hydrogen-bond donors (Lipinski definition) is 0. The second kappa shape index (κ2) is 7.54. The highest BCUT2D eigenvalue weighted by Gasteiger charge is 2.21. The summed E-state index contributed by atoms with van der Waals surface area (Å²) in [5.74, 6) is 1.58. The maximum Gasteiger partial charge on any atom is 0.253 e. The molecule has 5 heteroatoms. The topological polar surface area (TPSA) is 37.6 Å². The number of hydrogen-bond acceptors (Lipinski definition) is 3. The lowest BCUT2D eigenvalue weighted by atomic mass is 9.99. The fourth-order valence-corrected chi connectivity index (χ4v) is 4.25. The lowest BCUT2D eigenvalue weighted by Gasteiger charge is -2.31. The minimum Gasteiger partial charge on any atom is -0.338 e. The van der Waals surface area contributed by atoms with Crippen LogP contribution in [0, 0.1) is 5.92 Å². The summed E-state index contributed by atoms with van der Waals surface area (Å²) in [6.45, 7) is 3.98. The molecule has 1 amide bonds. The van der Waals surface area contributed by atoms with Crippen LogP contribution < -0.4 is 0 Å². The van der Waals surface area contributed by atoms with Gasteiger partial charge in [-0.25, -0.2) is 4.98 Å². The maximum absolute atomic E-state index is 12.6. The first kappa shape index (κ1) is 17.2. The maximum atomic E-state index is 12.6. The van der Waals surface area contributed by atoms with Crippen LogP contribution in [0.3, 0.4) is 0 Å². The molecule has 1 fully saturated rings. The normalized spacial score (nSPS) is 17.6. The van der Waals surface area contributed by atoms with E-state index in [4.69, 9.17) is 0 Å². The van der Waals surface area contributed by atoms with Crippen LogP contribution in [-0.4, -0.2) is 33.3 Å². The number of carbonyl (C=O) groups is 1. The van der Waals surface area contributed by atoms with Crippen LogP contribution in [0.25, 0.3) is 5.65 Å². The molecule has 1 aliphatic rings. The van der Waals surface area contributed by atoms with E-state index in [0.29, 0.717) is 5.92 Å². The predicted octanol–water partition coefficient (Wildman–Crippen LogP) is 4.50. The Balaban J connectivity index is 1.38. The van der Waals surface area contributed by atoms with Crippen molar-refractivity contribution in [3.8, 4) is 0 Å². The second-order valence-electron chi connectivity index (χ2n) is 7.01. The van der Waals surface area contributed by atoms with E-state index in [-0.39, 0.29) is 5.91 Å². The molecule has 3 heterocycles. The Morgan fingerprint density at radius 3 is 2.85 bits per heavy atom. The number of benzene rings is 1. The highest BCUT2D eigenvalue weighted by Crippen LogP contribution is 2.24. The molecule has 3 aromatic rings. The molecular formula is C21H23N3OS. The van der Waals surface area contributed by atoms with Crippen molar-refractivity contribution in [2.45, 2.75) is 30.4 Å². The number of carbonyl (C=O) groups excluding carboxylic acids is 1. The van der Waals surface area contributed by atoms with Gasteiger partial charge >= 0.3 is 0 Å². The van der Waals surface area contributed by atoms with Gasteiger partial charge in [-0.3, -0.25) is 4.79 Å². The Hall–Kier alpha value is -2.27. The highest BCUT2D eigenvalue weighted by atomic mass is 32.2. The largest absolute Gasteiger partial charge is 0.338 e. The van der Waals surface area contributed by atoms with Crippen LogP contribution in [0.1, 0.15) is 35.8 Å². The third-order valence-corrected chi connectivity index (χ3v) is 5.89. The number of amides is 1. The number of likely N-dealkylation sites (tertiary alicyclic amines) is 1. The van der Waals surface area contributed by atoms with Crippen LogP contribution in [0.15, 0.2) is 59.8 Å². The number of rotatable bonds is 4. The van der Waals surface area contributed by atoms with Crippen molar-refractivity contribution in [3.63, 3.8) is 0 Å². The summed E-state index contributed by atoms with van der Waals surface area (Å²) in [6, 6.07) is 14.0. The van der Waals surface area contributed by atoms with Gasteiger partial charge in [0.05, 0.1) is 5.69 Å². The minimum absolute atomic E-state index is 0.161. The van der Waals surface area contributed by atoms with Gasteiger partial charge in [0.15, 0.2) is 0 Å². The van der Waals surface area contributed by atoms with Crippen LogP contribution in [-0.2, 0) is 5.75 Å². The molecule has 0 unspecified atom stereocenters. The first-order valence-corrected chi connectivity index (χ1v) is 10.1. The predicted molar refractivity (Wildman–Crippen MR) is 105 cm³/mol. The van der Waals surface area contributed by atoms with E-state index in [0.717, 1.165) is 47.1 Å². The van der Waals surface area contributed by atoms with Crippen molar-refractivity contribution in [3.05, 3.63) is 66.1 Å². The van der Waals surface area contributed by atoms with Gasteiger partial charge in [0, 0.05) is 41.7 Å². The first-order valence-electron chi connectivity index (χ1n) is 9.14. The SMILES string of the molecule is C[C@@H]1CCCN(C(=O)c2ccc(SCc3cn4ccccc4n3)cc2)C1. The molecule has 26 heavy (non-hydrogen) atoms. The van der Waals surface area contributed by atoms with Crippen LogP contribution >= 0.6 is 11.8 Å². The minimum atomic E-state index is 0.161. The average molecular weight is 366 g/mol. The molecule has 0 N–H and O–H groups in total. The van der Waals surface area contributed by atoms with Crippen molar-refractivity contribution in [1.82, 2.24) is 14.3 Å². The number of aromatic nitrogens is 2. The molecule has 1 aliphatic heterocycles. The molecular weight excluding hydrogens is 342 g/mol. The summed E-state index contributed by atoms with van der Waals surface area (Å²) in [5.41, 5.74) is 2.82. The molecule has 1 aromatic carbocycles. The highest BCUT2D eigenvalue weighted by molar-refractivity contribution is 7.98. The molecule has 2 aromatic heterocycles. The number of thioether (sulfide) groups is 1. The average Bonchev–Trinajstić information content (AvgIpc) is 3.09. The van der Waals surface area contributed by atoms with Crippen LogP contribution in [0.5, 0.6) is 0 Å². The summed E-state index contributed by atoms with van der Waals surface area (Å²) < 4.78 is 2.04. The van der Waals surface area contributed by atoms with Crippen molar-refractivity contribution in [2.24, 2.45) is 5.92 Å². The first-order chi connectivity index (χ1) is 12.7. The standard InChI is InChI=1S/C21H23N3OS/c1-16-5-4-12-24(13-16)21(25)17-7-9-19(10-8-17)26-15-18-14-23-11-3-2-6-20(23)22-18/h2-3,6-11,14,16H,4-5,12-13,15H2,1H3/t16-/m1/s1. The van der Waals surface area contributed by atoms with E-state index >= 15 is 0 Å². The summed E-state index contributed by atoms with van der Waals surface area (Å²) in [4.78, 5) is 20.4. The van der Waals surface area contributed by atoms with Gasteiger partial charge in [-0.05, 0) is 55.2 Å². The third kappa shape index (κ3) is 3.78. The van der Waals surface area contributed by atoms with Crippen molar-refractivity contribution >= 4 is 23.3 Å². The molecule has 4 nitrogen and oxygen atoms in total. The van der Waals surface area contributed by atoms with Gasteiger partial charge in [-0.1, -0.05) is 13.0 Å². The summed E-state index contributed by atoms with van der Waals surface area (Å²) in [7, 11) is 0. The Morgan fingerprint density at radius 1 is 1.23 bits per heavy atom. The molecule has 0 spiro atoms.